The van der Waals surface area contributed by atoms with Crippen LogP contribution in [0.3, 0.4) is 0 Å². The van der Waals surface area contributed by atoms with Crippen molar-refractivity contribution in [3.63, 3.8) is 0 Å². The number of benzene rings is 1. The van der Waals surface area contributed by atoms with Gasteiger partial charge in [-0.2, -0.15) is 0 Å². The number of hydrogen-bond acceptors (Lipinski definition) is 4. The molecule has 2 N–H and O–H groups in total. The zero-order valence-electron chi connectivity index (χ0n) is 11.6. The van der Waals surface area contributed by atoms with Crippen molar-refractivity contribution < 1.29 is 14.3 Å². The number of nitrogens with one attached hydrogen (secondary N) is 2. The molecule has 0 spiro atoms. The minimum Gasteiger partial charge on any atom is -0.486 e. The highest BCUT2D eigenvalue weighted by Crippen LogP contribution is 2.32. The molecular formula is C15H15N3O3. The summed E-state index contributed by atoms with van der Waals surface area (Å²) in [5, 5.41) is 5.45. The molecule has 108 valence electrons. The van der Waals surface area contributed by atoms with E-state index in [1.807, 2.05) is 19.1 Å². The van der Waals surface area contributed by atoms with Crippen molar-refractivity contribution in [3.8, 4) is 11.5 Å². The number of aromatic nitrogens is 1. The molecule has 0 unspecified atom stereocenters. The van der Waals surface area contributed by atoms with Crippen LogP contribution in [0.1, 0.15) is 5.56 Å². The van der Waals surface area contributed by atoms with Crippen LogP contribution in [0.5, 0.6) is 11.5 Å². The van der Waals surface area contributed by atoms with Gasteiger partial charge >= 0.3 is 6.03 Å². The number of fused-ring (bicyclic) bond motifs is 1. The summed E-state index contributed by atoms with van der Waals surface area (Å²) in [5.41, 5.74) is 1.53. The number of carbonyl (C=O) groups is 1. The van der Waals surface area contributed by atoms with Gasteiger partial charge in [0.25, 0.3) is 0 Å². The van der Waals surface area contributed by atoms with Gasteiger partial charge in [-0.05, 0) is 30.7 Å². The Bertz CT molecular complexity index is 673. The molecule has 0 saturated carbocycles. The van der Waals surface area contributed by atoms with Crippen LogP contribution < -0.4 is 20.1 Å². The second-order valence-electron chi connectivity index (χ2n) is 4.61. The molecule has 3 rings (SSSR count). The molecular weight excluding hydrogens is 270 g/mol. The molecule has 1 aromatic heterocycles. The Balaban J connectivity index is 1.69. The van der Waals surface area contributed by atoms with Gasteiger partial charge in [0, 0.05) is 18.0 Å². The summed E-state index contributed by atoms with van der Waals surface area (Å²) >= 11 is 0. The van der Waals surface area contributed by atoms with Crippen LogP contribution in [0.2, 0.25) is 0 Å². The average molecular weight is 285 g/mol. The highest BCUT2D eigenvalue weighted by molar-refractivity contribution is 5.99. The number of pyridine rings is 1. The lowest BCUT2D eigenvalue weighted by atomic mass is 10.2. The van der Waals surface area contributed by atoms with E-state index in [0.29, 0.717) is 36.2 Å². The third-order valence-electron chi connectivity index (χ3n) is 3.04. The molecule has 0 bridgehead atoms. The number of carbonyl (C=O) groups excluding carboxylic acids is 1. The van der Waals surface area contributed by atoms with E-state index in [4.69, 9.17) is 9.47 Å². The summed E-state index contributed by atoms with van der Waals surface area (Å²) in [7, 11) is 0. The van der Waals surface area contributed by atoms with Gasteiger partial charge < -0.3 is 14.8 Å². The van der Waals surface area contributed by atoms with Crippen LogP contribution in [-0.2, 0) is 0 Å². The second-order valence-corrected chi connectivity index (χ2v) is 4.61. The minimum absolute atomic E-state index is 0.353. The zero-order chi connectivity index (χ0) is 14.7. The Morgan fingerprint density at radius 3 is 2.76 bits per heavy atom. The quantitative estimate of drug-likeness (QED) is 0.890. The first-order valence-corrected chi connectivity index (χ1v) is 6.61. The van der Waals surface area contributed by atoms with Crippen molar-refractivity contribution in [1.29, 1.82) is 0 Å². The van der Waals surface area contributed by atoms with Gasteiger partial charge in [0.1, 0.15) is 19.0 Å². The van der Waals surface area contributed by atoms with E-state index in [9.17, 15) is 4.79 Å². The summed E-state index contributed by atoms with van der Waals surface area (Å²) in [6, 6.07) is 8.62. The zero-order valence-corrected chi connectivity index (χ0v) is 11.6. The maximum Gasteiger partial charge on any atom is 0.324 e. The number of anilines is 2. The molecule has 6 heteroatoms. The van der Waals surface area contributed by atoms with Gasteiger partial charge in [-0.25, -0.2) is 9.78 Å². The topological polar surface area (TPSA) is 72.5 Å². The highest BCUT2D eigenvalue weighted by atomic mass is 16.6. The summed E-state index contributed by atoms with van der Waals surface area (Å²) in [5.74, 6) is 1.85. The first-order chi connectivity index (χ1) is 10.2. The standard InChI is InChI=1S/C15H15N3O3/c1-10-3-2-6-16-14(10)18-15(19)17-11-4-5-12-13(9-11)21-8-7-20-12/h2-6,9H,7-8H2,1H3,(H2,16,17,18,19). The minimum atomic E-state index is -0.353. The number of rotatable bonds is 2. The summed E-state index contributed by atoms with van der Waals surface area (Å²) in [6.45, 7) is 2.93. The first kappa shape index (κ1) is 13.2. The predicted octanol–water partition coefficient (Wildman–Crippen LogP) is 2.81. The Morgan fingerprint density at radius 1 is 1.14 bits per heavy atom. The fraction of sp³-hybridized carbons (Fsp3) is 0.200. The molecule has 2 aromatic rings. The van der Waals surface area contributed by atoms with Gasteiger partial charge in [0.15, 0.2) is 11.5 Å². The van der Waals surface area contributed by atoms with Crippen molar-refractivity contribution >= 4 is 17.5 Å². The van der Waals surface area contributed by atoms with Crippen LogP contribution in [0, 0.1) is 6.92 Å². The highest BCUT2D eigenvalue weighted by Gasteiger charge is 2.13. The fourth-order valence-electron chi connectivity index (χ4n) is 2.01. The smallest absolute Gasteiger partial charge is 0.324 e. The number of nitrogens with zero attached hydrogens (tertiary/aromatic N) is 1. The number of aryl methyl sites for hydroxylation is 1. The number of ether oxygens (including phenoxy) is 2. The van der Waals surface area contributed by atoms with Crippen molar-refractivity contribution in [3.05, 3.63) is 42.1 Å². The summed E-state index contributed by atoms with van der Waals surface area (Å²) in [6.07, 6.45) is 1.63. The first-order valence-electron chi connectivity index (χ1n) is 6.61. The van der Waals surface area contributed by atoms with Crippen molar-refractivity contribution in [2.45, 2.75) is 6.92 Å². The third kappa shape index (κ3) is 3.05. The fourth-order valence-corrected chi connectivity index (χ4v) is 2.01. The van der Waals surface area contributed by atoms with E-state index in [1.54, 1.807) is 24.4 Å². The van der Waals surface area contributed by atoms with Gasteiger partial charge in [0.2, 0.25) is 0 Å². The maximum absolute atomic E-state index is 12.0. The number of amides is 2. The van der Waals surface area contributed by atoms with Gasteiger partial charge in [-0.15, -0.1) is 0 Å². The lowest BCUT2D eigenvalue weighted by Crippen LogP contribution is -2.21. The van der Waals surface area contributed by atoms with Crippen molar-refractivity contribution in [1.82, 2.24) is 4.98 Å². The third-order valence-corrected chi connectivity index (χ3v) is 3.04. The maximum atomic E-state index is 12.0. The monoisotopic (exact) mass is 285 g/mol. The van der Waals surface area contributed by atoms with Gasteiger partial charge in [-0.3, -0.25) is 5.32 Å². The lowest BCUT2D eigenvalue weighted by Gasteiger charge is -2.19. The largest absolute Gasteiger partial charge is 0.486 e. The van der Waals surface area contributed by atoms with E-state index in [0.717, 1.165) is 5.56 Å². The Hall–Kier alpha value is -2.76. The molecule has 0 fully saturated rings. The Kier molecular flexibility index (Phi) is 3.59. The van der Waals surface area contributed by atoms with E-state index in [1.165, 1.54) is 0 Å². The second kappa shape index (κ2) is 5.70. The van der Waals surface area contributed by atoms with Crippen molar-refractivity contribution in [2.75, 3.05) is 23.8 Å². The molecule has 2 heterocycles. The molecule has 2 amide bonds. The molecule has 6 nitrogen and oxygen atoms in total. The van der Waals surface area contributed by atoms with Crippen LogP contribution in [0.15, 0.2) is 36.5 Å². The van der Waals surface area contributed by atoms with E-state index >= 15 is 0 Å². The molecule has 0 saturated heterocycles. The molecule has 1 aliphatic heterocycles. The number of hydrogen-bond donors (Lipinski definition) is 2. The molecule has 0 atom stereocenters. The van der Waals surface area contributed by atoms with Crippen LogP contribution in [0.4, 0.5) is 16.3 Å². The SMILES string of the molecule is Cc1cccnc1NC(=O)Nc1ccc2c(c1)OCCO2. The summed E-state index contributed by atoms with van der Waals surface area (Å²) < 4.78 is 10.9. The normalized spacial score (nSPS) is 12.6. The molecule has 0 aliphatic carbocycles. The van der Waals surface area contributed by atoms with Crippen LogP contribution in [-0.4, -0.2) is 24.2 Å². The van der Waals surface area contributed by atoms with E-state index < -0.39 is 0 Å². The van der Waals surface area contributed by atoms with E-state index in [-0.39, 0.29) is 6.03 Å². The average Bonchev–Trinajstić information content (AvgIpc) is 2.49. The molecule has 1 aliphatic rings. The molecule has 21 heavy (non-hydrogen) atoms. The van der Waals surface area contributed by atoms with Gasteiger partial charge in [-0.1, -0.05) is 6.07 Å². The van der Waals surface area contributed by atoms with Crippen LogP contribution in [0.25, 0.3) is 0 Å². The predicted molar refractivity (Wildman–Crippen MR) is 79.0 cm³/mol. The molecule has 1 aromatic carbocycles. The summed E-state index contributed by atoms with van der Waals surface area (Å²) in [4.78, 5) is 16.1. The van der Waals surface area contributed by atoms with Gasteiger partial charge in [0.05, 0.1) is 0 Å². The van der Waals surface area contributed by atoms with Crippen LogP contribution >= 0.6 is 0 Å². The molecule has 0 radical (unpaired) electrons. The van der Waals surface area contributed by atoms with E-state index in [2.05, 4.69) is 15.6 Å². The Labute approximate surface area is 122 Å². The Morgan fingerprint density at radius 2 is 1.95 bits per heavy atom. The van der Waals surface area contributed by atoms with Crippen molar-refractivity contribution in [2.24, 2.45) is 0 Å². The lowest BCUT2D eigenvalue weighted by molar-refractivity contribution is 0.171. The number of urea groups is 1.